The summed E-state index contributed by atoms with van der Waals surface area (Å²) >= 11 is 0. The zero-order chi connectivity index (χ0) is 38.2. The molecule has 58 heavy (non-hydrogen) atoms. The predicted octanol–water partition coefficient (Wildman–Crippen LogP) is 15.2. The first-order valence-electron chi connectivity index (χ1n) is 21.4. The summed E-state index contributed by atoms with van der Waals surface area (Å²) in [6.07, 6.45) is 8.52. The average molecular weight is 747 g/mol. The first-order valence-corrected chi connectivity index (χ1v) is 21.4. The van der Waals surface area contributed by atoms with Crippen LogP contribution in [0.5, 0.6) is 0 Å². The van der Waals surface area contributed by atoms with Crippen molar-refractivity contribution in [3.63, 3.8) is 0 Å². The molecule has 2 heteroatoms. The molecule has 0 radical (unpaired) electrons. The summed E-state index contributed by atoms with van der Waals surface area (Å²) in [5.41, 5.74) is 14.0. The Balaban J connectivity index is 1.04. The van der Waals surface area contributed by atoms with Gasteiger partial charge in [0.05, 0.1) is 16.7 Å². The van der Waals surface area contributed by atoms with Crippen LogP contribution in [0.3, 0.4) is 0 Å². The maximum absolute atomic E-state index is 2.51. The van der Waals surface area contributed by atoms with Crippen LogP contribution in [-0.2, 0) is 5.41 Å². The molecule has 0 amide bonds. The van der Waals surface area contributed by atoms with Gasteiger partial charge in [-0.2, -0.15) is 0 Å². The van der Waals surface area contributed by atoms with Gasteiger partial charge in [-0.15, -0.1) is 0 Å². The van der Waals surface area contributed by atoms with Crippen molar-refractivity contribution in [2.45, 2.75) is 43.9 Å². The van der Waals surface area contributed by atoms with Crippen LogP contribution >= 0.6 is 0 Å². The standard InChI is InChI=1S/C56H46N2/c1-3-12-41(13-4-1)48-19-9-14-43-15-10-20-49(54(43)48)42-24-28-46(29-25-42)57(47-30-26-44(27-31-47)56-35-38-32-39(36-56)34-40(33-38)37-56)53-23-11-21-51-50-18-7-8-22-52(50)58(55(51)53)45-16-5-2-6-17-45/h1-31,38-40H,32-37H2. The summed E-state index contributed by atoms with van der Waals surface area (Å²) < 4.78 is 2.46. The molecule has 13 rings (SSSR count). The summed E-state index contributed by atoms with van der Waals surface area (Å²) in [5.74, 6) is 2.76. The molecular weight excluding hydrogens is 701 g/mol. The van der Waals surface area contributed by atoms with Crippen molar-refractivity contribution in [3.05, 3.63) is 194 Å². The fourth-order valence-electron chi connectivity index (χ4n) is 12.1. The molecule has 8 aromatic carbocycles. The van der Waals surface area contributed by atoms with Gasteiger partial charge in [0.2, 0.25) is 0 Å². The first kappa shape index (κ1) is 33.7. The molecule has 4 aliphatic carbocycles. The molecule has 1 aromatic heterocycles. The Morgan fingerprint density at radius 2 is 0.983 bits per heavy atom. The minimum atomic E-state index is 0.358. The van der Waals surface area contributed by atoms with E-state index in [9.17, 15) is 0 Å². The van der Waals surface area contributed by atoms with Crippen LogP contribution in [0.1, 0.15) is 44.1 Å². The van der Waals surface area contributed by atoms with Crippen molar-refractivity contribution in [2.24, 2.45) is 17.8 Å². The van der Waals surface area contributed by atoms with Crippen LogP contribution in [0.4, 0.5) is 17.1 Å². The second kappa shape index (κ2) is 13.4. The highest BCUT2D eigenvalue weighted by Crippen LogP contribution is 2.61. The molecular formula is C56H46N2. The van der Waals surface area contributed by atoms with Crippen LogP contribution in [0.15, 0.2) is 188 Å². The lowest BCUT2D eigenvalue weighted by Gasteiger charge is -2.57. The quantitative estimate of drug-likeness (QED) is 0.158. The molecule has 0 aliphatic heterocycles. The van der Waals surface area contributed by atoms with E-state index in [0.29, 0.717) is 5.41 Å². The van der Waals surface area contributed by atoms with Crippen molar-refractivity contribution >= 4 is 49.6 Å². The number of aromatic nitrogens is 1. The van der Waals surface area contributed by atoms with Crippen LogP contribution in [0.2, 0.25) is 0 Å². The smallest absolute Gasteiger partial charge is 0.0782 e. The Morgan fingerprint density at radius 3 is 1.64 bits per heavy atom. The molecule has 4 bridgehead atoms. The molecule has 0 atom stereocenters. The van der Waals surface area contributed by atoms with Gasteiger partial charge < -0.3 is 9.47 Å². The van der Waals surface area contributed by atoms with E-state index in [-0.39, 0.29) is 0 Å². The largest absolute Gasteiger partial charge is 0.308 e. The molecule has 2 nitrogen and oxygen atoms in total. The fourth-order valence-corrected chi connectivity index (χ4v) is 12.1. The number of hydrogen-bond acceptors (Lipinski definition) is 1. The first-order chi connectivity index (χ1) is 28.7. The van der Waals surface area contributed by atoms with Crippen LogP contribution in [0, 0.1) is 17.8 Å². The molecule has 4 fully saturated rings. The van der Waals surface area contributed by atoms with Crippen LogP contribution in [0.25, 0.3) is 60.5 Å². The summed E-state index contributed by atoms with van der Waals surface area (Å²) in [4.78, 5) is 2.51. The van der Waals surface area contributed by atoms with Crippen molar-refractivity contribution in [3.8, 4) is 27.9 Å². The van der Waals surface area contributed by atoms with E-state index in [1.54, 1.807) is 5.56 Å². The third-order valence-electron chi connectivity index (χ3n) is 14.1. The molecule has 4 saturated carbocycles. The van der Waals surface area contributed by atoms with E-state index in [0.717, 1.165) is 23.4 Å². The lowest BCUT2D eigenvalue weighted by molar-refractivity contribution is -0.00518. The summed E-state index contributed by atoms with van der Waals surface area (Å²) in [5, 5.41) is 5.07. The van der Waals surface area contributed by atoms with Gasteiger partial charge in [0.25, 0.3) is 0 Å². The Hall–Kier alpha value is -6.38. The van der Waals surface area contributed by atoms with Crippen molar-refractivity contribution in [2.75, 3.05) is 4.90 Å². The van der Waals surface area contributed by atoms with Gasteiger partial charge in [-0.25, -0.2) is 0 Å². The summed E-state index contributed by atoms with van der Waals surface area (Å²) in [6.45, 7) is 0. The fraction of sp³-hybridized carbons (Fsp3) is 0.179. The molecule has 4 aliphatic rings. The van der Waals surface area contributed by atoms with E-state index < -0.39 is 0 Å². The molecule has 9 aromatic rings. The Kier molecular flexibility index (Phi) is 7.76. The predicted molar refractivity (Wildman–Crippen MR) is 244 cm³/mol. The lowest BCUT2D eigenvalue weighted by atomic mass is 9.48. The normalized spacial score (nSPS) is 20.9. The number of para-hydroxylation sites is 3. The molecule has 0 saturated heterocycles. The zero-order valence-electron chi connectivity index (χ0n) is 32.8. The van der Waals surface area contributed by atoms with Gasteiger partial charge in [-0.1, -0.05) is 140 Å². The molecule has 1 heterocycles. The van der Waals surface area contributed by atoms with Gasteiger partial charge in [0, 0.05) is 27.8 Å². The van der Waals surface area contributed by atoms with Gasteiger partial charge in [-0.3, -0.25) is 0 Å². The second-order valence-electron chi connectivity index (χ2n) is 17.6. The van der Waals surface area contributed by atoms with E-state index in [1.807, 2.05) is 0 Å². The minimum Gasteiger partial charge on any atom is -0.308 e. The van der Waals surface area contributed by atoms with Crippen LogP contribution in [-0.4, -0.2) is 4.57 Å². The van der Waals surface area contributed by atoms with Gasteiger partial charge in [0.1, 0.15) is 0 Å². The maximum Gasteiger partial charge on any atom is 0.0782 e. The highest BCUT2D eigenvalue weighted by atomic mass is 15.2. The number of hydrogen-bond donors (Lipinski definition) is 0. The molecule has 0 spiro atoms. The van der Waals surface area contributed by atoms with Gasteiger partial charge >= 0.3 is 0 Å². The Bertz CT molecular complexity index is 2920. The van der Waals surface area contributed by atoms with E-state index in [4.69, 9.17) is 0 Å². The second-order valence-corrected chi connectivity index (χ2v) is 17.6. The molecule has 280 valence electrons. The van der Waals surface area contributed by atoms with E-state index in [1.165, 1.54) is 110 Å². The van der Waals surface area contributed by atoms with Crippen molar-refractivity contribution in [1.29, 1.82) is 0 Å². The topological polar surface area (TPSA) is 8.17 Å². The highest BCUT2D eigenvalue weighted by molar-refractivity contribution is 6.14. The number of nitrogens with zero attached hydrogens (tertiary/aromatic N) is 2. The molecule has 0 N–H and O–H groups in total. The third-order valence-corrected chi connectivity index (χ3v) is 14.1. The lowest BCUT2D eigenvalue weighted by Crippen LogP contribution is -2.48. The number of anilines is 3. The third kappa shape index (κ3) is 5.38. The SMILES string of the molecule is c1ccc(-c2cccc3cccc(-c4ccc(N(c5ccc(C67CC8CC(CC(C8)C6)C7)cc5)c5cccc6c7ccccc7n(-c7ccccc7)c56)cc4)c23)cc1. The zero-order valence-corrected chi connectivity index (χ0v) is 32.8. The summed E-state index contributed by atoms with van der Waals surface area (Å²) in [6, 6.07) is 69.9. The maximum atomic E-state index is 2.51. The van der Waals surface area contributed by atoms with E-state index >= 15 is 0 Å². The number of rotatable bonds is 7. The minimum absolute atomic E-state index is 0.358. The number of benzene rings is 8. The van der Waals surface area contributed by atoms with Crippen molar-refractivity contribution < 1.29 is 0 Å². The van der Waals surface area contributed by atoms with Gasteiger partial charge in [0.15, 0.2) is 0 Å². The highest BCUT2D eigenvalue weighted by Gasteiger charge is 2.51. The average Bonchev–Trinajstić information content (AvgIpc) is 3.62. The van der Waals surface area contributed by atoms with Crippen molar-refractivity contribution in [1.82, 2.24) is 4.57 Å². The summed E-state index contributed by atoms with van der Waals surface area (Å²) in [7, 11) is 0. The Morgan fingerprint density at radius 1 is 0.448 bits per heavy atom. The molecule has 0 unspecified atom stereocenters. The Labute approximate surface area is 341 Å². The van der Waals surface area contributed by atoms with E-state index in [2.05, 4.69) is 198 Å². The monoisotopic (exact) mass is 746 g/mol. The van der Waals surface area contributed by atoms with Crippen LogP contribution < -0.4 is 4.90 Å². The number of fused-ring (bicyclic) bond motifs is 4. The van der Waals surface area contributed by atoms with Gasteiger partial charge in [-0.05, 0) is 149 Å².